The van der Waals surface area contributed by atoms with Gasteiger partial charge in [-0.2, -0.15) is 0 Å². The molecule has 0 N–H and O–H groups in total. The van der Waals surface area contributed by atoms with Crippen LogP contribution in [0.1, 0.15) is 52.0 Å². The van der Waals surface area contributed by atoms with Crippen LogP contribution in [0.5, 0.6) is 5.75 Å². The topological polar surface area (TPSA) is 55.8 Å². The maximum Gasteiger partial charge on any atom is 0.414 e. The number of rotatable bonds is 4. The van der Waals surface area contributed by atoms with Gasteiger partial charge < -0.3 is 9.47 Å². The van der Waals surface area contributed by atoms with Crippen LogP contribution in [0.4, 0.5) is 4.79 Å². The number of methoxy groups -OCH3 is 1. The predicted molar refractivity (Wildman–Crippen MR) is 108 cm³/mol. The lowest BCUT2D eigenvalue weighted by Crippen LogP contribution is -2.45. The summed E-state index contributed by atoms with van der Waals surface area (Å²) in [5.41, 5.74) is 1.09. The standard InChI is InChI=1S/C23H31NO4/c1-16-5-10-20(23(2,3)17-6-8-19(27-4)9-7-17)21(15-16)28-22(26)24-13-11-18(25)12-14-24/h6-9,11,13,16,20-21H,5,10,12,14-15H2,1-4H3/t16-,20-,21-/m1/s1. The van der Waals surface area contributed by atoms with Crippen LogP contribution in [0.3, 0.4) is 0 Å². The van der Waals surface area contributed by atoms with E-state index < -0.39 is 0 Å². The van der Waals surface area contributed by atoms with Crippen LogP contribution in [0.2, 0.25) is 0 Å². The van der Waals surface area contributed by atoms with Gasteiger partial charge in [0.2, 0.25) is 0 Å². The number of hydrogen-bond donors (Lipinski definition) is 0. The summed E-state index contributed by atoms with van der Waals surface area (Å²) in [6.45, 7) is 7.07. The molecule has 0 spiro atoms. The second-order valence-corrected chi connectivity index (χ2v) is 8.62. The minimum atomic E-state index is -0.349. The molecule has 1 aromatic rings. The Labute approximate surface area is 167 Å². The van der Waals surface area contributed by atoms with Gasteiger partial charge in [-0.3, -0.25) is 9.69 Å². The molecule has 5 heteroatoms. The Bertz CT molecular complexity index is 737. The van der Waals surface area contributed by atoms with Crippen LogP contribution in [0, 0.1) is 11.8 Å². The van der Waals surface area contributed by atoms with Crippen LogP contribution >= 0.6 is 0 Å². The van der Waals surface area contributed by atoms with E-state index in [1.165, 1.54) is 16.5 Å². The van der Waals surface area contributed by atoms with E-state index in [2.05, 4.69) is 32.9 Å². The van der Waals surface area contributed by atoms with Gasteiger partial charge in [0.25, 0.3) is 0 Å². The minimum absolute atomic E-state index is 0.0499. The molecule has 5 nitrogen and oxygen atoms in total. The van der Waals surface area contributed by atoms with Crippen LogP contribution in [-0.4, -0.2) is 36.5 Å². The maximum atomic E-state index is 12.7. The summed E-state index contributed by atoms with van der Waals surface area (Å²) in [6.07, 6.45) is 5.89. The number of amides is 1. The average molecular weight is 386 g/mol. The van der Waals surface area contributed by atoms with Gasteiger partial charge in [0, 0.05) is 25.1 Å². The van der Waals surface area contributed by atoms with Crippen molar-refractivity contribution in [3.63, 3.8) is 0 Å². The largest absolute Gasteiger partial charge is 0.497 e. The summed E-state index contributed by atoms with van der Waals surface area (Å²) < 4.78 is 11.3. The van der Waals surface area contributed by atoms with Crippen LogP contribution < -0.4 is 4.74 Å². The zero-order valence-corrected chi connectivity index (χ0v) is 17.3. The molecule has 1 aliphatic heterocycles. The molecule has 1 heterocycles. The monoisotopic (exact) mass is 385 g/mol. The van der Waals surface area contributed by atoms with Gasteiger partial charge in [-0.25, -0.2) is 4.79 Å². The number of ether oxygens (including phenoxy) is 2. The smallest absolute Gasteiger partial charge is 0.414 e. The number of nitrogens with zero attached hydrogens (tertiary/aromatic N) is 1. The molecule has 0 radical (unpaired) electrons. The van der Waals surface area contributed by atoms with Crippen LogP contribution in [0.15, 0.2) is 36.5 Å². The van der Waals surface area contributed by atoms with Gasteiger partial charge >= 0.3 is 6.09 Å². The third-order valence-corrected chi connectivity index (χ3v) is 6.34. The van der Waals surface area contributed by atoms with Crippen LogP contribution in [0.25, 0.3) is 0 Å². The molecule has 0 saturated heterocycles. The molecule has 0 bridgehead atoms. The Morgan fingerprint density at radius 3 is 2.50 bits per heavy atom. The van der Waals surface area contributed by atoms with Gasteiger partial charge in [-0.1, -0.05) is 39.3 Å². The average Bonchev–Trinajstić information content (AvgIpc) is 2.68. The van der Waals surface area contributed by atoms with Crippen molar-refractivity contribution in [2.24, 2.45) is 11.8 Å². The SMILES string of the molecule is COc1ccc(C(C)(C)[C@@H]2CC[C@@H](C)C[C@H]2OC(=O)N2C=CC(=O)CC2)cc1. The quantitative estimate of drug-likeness (QED) is 0.754. The highest BCUT2D eigenvalue weighted by Gasteiger charge is 2.42. The molecule has 0 aromatic heterocycles. The fourth-order valence-corrected chi connectivity index (χ4v) is 4.43. The maximum absolute atomic E-state index is 12.7. The van der Waals surface area contributed by atoms with E-state index in [1.807, 2.05) is 12.1 Å². The molecule has 28 heavy (non-hydrogen) atoms. The minimum Gasteiger partial charge on any atom is -0.497 e. The molecular formula is C23H31NO4. The van der Waals surface area contributed by atoms with E-state index in [9.17, 15) is 9.59 Å². The number of hydrogen-bond acceptors (Lipinski definition) is 4. The highest BCUT2D eigenvalue weighted by Crippen LogP contribution is 2.44. The lowest BCUT2D eigenvalue weighted by atomic mass is 9.64. The Morgan fingerprint density at radius 1 is 1.18 bits per heavy atom. The molecule has 0 unspecified atom stereocenters. The summed E-state index contributed by atoms with van der Waals surface area (Å²) in [7, 11) is 1.67. The Hall–Kier alpha value is -2.30. The first-order valence-electron chi connectivity index (χ1n) is 10.1. The first kappa shape index (κ1) is 20.4. The highest BCUT2D eigenvalue weighted by atomic mass is 16.6. The zero-order valence-electron chi connectivity index (χ0n) is 17.3. The fourth-order valence-electron chi connectivity index (χ4n) is 4.43. The second kappa shape index (κ2) is 8.38. The summed E-state index contributed by atoms with van der Waals surface area (Å²) in [4.78, 5) is 25.6. The lowest BCUT2D eigenvalue weighted by Gasteiger charge is -2.44. The number of carbonyl (C=O) groups excluding carboxylic acids is 2. The first-order chi connectivity index (χ1) is 13.3. The van der Waals surface area contributed by atoms with Crippen molar-refractivity contribution in [3.05, 3.63) is 42.1 Å². The Kier molecular flexibility index (Phi) is 6.11. The van der Waals surface area contributed by atoms with Crippen molar-refractivity contribution in [1.29, 1.82) is 0 Å². The number of allylic oxidation sites excluding steroid dienone is 1. The molecule has 2 aliphatic rings. The van der Waals surface area contributed by atoms with Gasteiger partial charge in [0.1, 0.15) is 11.9 Å². The van der Waals surface area contributed by atoms with Crippen molar-refractivity contribution in [3.8, 4) is 5.75 Å². The van der Waals surface area contributed by atoms with Gasteiger partial charge in [-0.15, -0.1) is 0 Å². The Morgan fingerprint density at radius 2 is 1.89 bits per heavy atom. The predicted octanol–water partition coefficient (Wildman–Crippen LogP) is 4.70. The molecule has 1 amide bonds. The second-order valence-electron chi connectivity index (χ2n) is 8.62. The molecule has 1 saturated carbocycles. The number of ketones is 1. The fraction of sp³-hybridized carbons (Fsp3) is 0.565. The molecule has 3 atom stereocenters. The van der Waals surface area contributed by atoms with Crippen molar-refractivity contribution in [2.45, 2.75) is 58.0 Å². The lowest BCUT2D eigenvalue weighted by molar-refractivity contribution is -0.115. The zero-order chi connectivity index (χ0) is 20.3. The van der Waals surface area contributed by atoms with Crippen molar-refractivity contribution >= 4 is 11.9 Å². The normalized spacial score (nSPS) is 25.5. The van der Waals surface area contributed by atoms with E-state index in [0.29, 0.717) is 18.9 Å². The first-order valence-corrected chi connectivity index (χ1v) is 10.1. The number of carbonyl (C=O) groups is 2. The third-order valence-electron chi connectivity index (χ3n) is 6.34. The Balaban J connectivity index is 1.78. The van der Waals surface area contributed by atoms with E-state index in [4.69, 9.17) is 9.47 Å². The van der Waals surface area contributed by atoms with Gasteiger partial charge in [0.15, 0.2) is 5.78 Å². The van der Waals surface area contributed by atoms with E-state index in [-0.39, 0.29) is 29.3 Å². The van der Waals surface area contributed by atoms with Crippen LogP contribution in [-0.2, 0) is 14.9 Å². The molecule has 1 aromatic carbocycles. The van der Waals surface area contributed by atoms with Gasteiger partial charge in [-0.05, 0) is 47.9 Å². The van der Waals surface area contributed by atoms with Gasteiger partial charge in [0.05, 0.1) is 7.11 Å². The molecule has 3 rings (SSSR count). The molecular weight excluding hydrogens is 354 g/mol. The van der Waals surface area contributed by atoms with Crippen molar-refractivity contribution < 1.29 is 19.1 Å². The molecule has 1 fully saturated rings. The van der Waals surface area contributed by atoms with Crippen molar-refractivity contribution in [2.75, 3.05) is 13.7 Å². The highest BCUT2D eigenvalue weighted by molar-refractivity contribution is 5.91. The van der Waals surface area contributed by atoms with E-state index >= 15 is 0 Å². The summed E-state index contributed by atoms with van der Waals surface area (Å²) in [5, 5.41) is 0. The van der Waals surface area contributed by atoms with E-state index in [1.54, 1.807) is 13.3 Å². The van der Waals surface area contributed by atoms with Crippen molar-refractivity contribution in [1.82, 2.24) is 4.90 Å². The number of benzene rings is 1. The third kappa shape index (κ3) is 4.40. The molecule has 1 aliphatic carbocycles. The summed E-state index contributed by atoms with van der Waals surface area (Å²) >= 11 is 0. The summed E-state index contributed by atoms with van der Waals surface area (Å²) in [5.74, 6) is 1.65. The van der Waals surface area contributed by atoms with E-state index in [0.717, 1.165) is 25.0 Å². The molecule has 152 valence electrons. The summed E-state index contributed by atoms with van der Waals surface area (Å²) in [6, 6.07) is 8.18.